The van der Waals surface area contributed by atoms with Gasteiger partial charge in [0.15, 0.2) is 0 Å². The zero-order valence-electron chi connectivity index (χ0n) is 5.05. The van der Waals surface area contributed by atoms with Crippen molar-refractivity contribution in [3.05, 3.63) is 23.8 Å². The Balaban J connectivity index is 3.00. The Bertz CT molecular complexity index is 221. The predicted molar refractivity (Wildman–Crippen MR) is 32.9 cm³/mol. The summed E-state index contributed by atoms with van der Waals surface area (Å²) in [7, 11) is 0. The van der Waals surface area contributed by atoms with E-state index in [-0.39, 0.29) is 0 Å². The van der Waals surface area contributed by atoms with Gasteiger partial charge >= 0.3 is 0 Å². The van der Waals surface area contributed by atoms with E-state index in [9.17, 15) is 9.59 Å². The van der Waals surface area contributed by atoms with Crippen molar-refractivity contribution in [2.24, 2.45) is 0 Å². The third-order valence-corrected chi connectivity index (χ3v) is 1.18. The van der Waals surface area contributed by atoms with E-state index in [0.29, 0.717) is 5.57 Å². The maximum Gasteiger partial charge on any atom is 0.228 e. The van der Waals surface area contributed by atoms with Gasteiger partial charge in [-0.1, -0.05) is 12.2 Å². The molecule has 0 atom stereocenters. The van der Waals surface area contributed by atoms with E-state index in [1.165, 1.54) is 6.08 Å². The van der Waals surface area contributed by atoms with E-state index >= 15 is 0 Å². The van der Waals surface area contributed by atoms with Gasteiger partial charge in [-0.3, -0.25) is 9.59 Å². The standard InChI is InChI=1S/C7H6O2/c1-5-3-2-4-6(8)7(5)9/h2-4H,1H3. The number of carbonyl (C=O) groups is 2. The topological polar surface area (TPSA) is 34.1 Å². The highest BCUT2D eigenvalue weighted by Crippen LogP contribution is 2.02. The van der Waals surface area contributed by atoms with E-state index < -0.39 is 11.6 Å². The second-order valence-corrected chi connectivity index (χ2v) is 1.90. The van der Waals surface area contributed by atoms with E-state index in [4.69, 9.17) is 0 Å². The van der Waals surface area contributed by atoms with Crippen LogP contribution < -0.4 is 0 Å². The molecule has 2 nitrogen and oxygen atoms in total. The lowest BCUT2D eigenvalue weighted by Crippen LogP contribution is -2.13. The molecular formula is C7H6O2. The Morgan fingerprint density at radius 2 is 2.00 bits per heavy atom. The van der Waals surface area contributed by atoms with E-state index in [1.807, 2.05) is 0 Å². The number of hydrogen-bond acceptors (Lipinski definition) is 2. The molecule has 1 aliphatic carbocycles. The summed E-state index contributed by atoms with van der Waals surface area (Å²) in [6, 6.07) is 0. The molecule has 46 valence electrons. The molecule has 0 N–H and O–H groups in total. The summed E-state index contributed by atoms with van der Waals surface area (Å²) in [6.07, 6.45) is 4.48. The number of carbonyl (C=O) groups excluding carboxylic acids is 2. The molecule has 0 radical (unpaired) electrons. The molecule has 0 amide bonds. The molecule has 0 saturated carbocycles. The molecule has 0 heterocycles. The summed E-state index contributed by atoms with van der Waals surface area (Å²) in [5, 5.41) is 0. The second-order valence-electron chi connectivity index (χ2n) is 1.90. The van der Waals surface area contributed by atoms with Crippen molar-refractivity contribution >= 4 is 11.6 Å². The van der Waals surface area contributed by atoms with Crippen LogP contribution in [0.4, 0.5) is 0 Å². The van der Waals surface area contributed by atoms with Gasteiger partial charge in [0.2, 0.25) is 11.6 Å². The second kappa shape index (κ2) is 1.97. The van der Waals surface area contributed by atoms with Crippen LogP contribution in [-0.2, 0) is 9.59 Å². The molecule has 1 rings (SSSR count). The number of rotatable bonds is 0. The fraction of sp³-hybridized carbons (Fsp3) is 0.143. The van der Waals surface area contributed by atoms with Crippen LogP contribution in [0.15, 0.2) is 23.8 Å². The molecule has 1 aliphatic rings. The van der Waals surface area contributed by atoms with Crippen molar-refractivity contribution in [1.82, 2.24) is 0 Å². The van der Waals surface area contributed by atoms with Crippen LogP contribution in [-0.4, -0.2) is 11.6 Å². The first-order valence-corrected chi connectivity index (χ1v) is 2.65. The normalized spacial score (nSPS) is 18.1. The summed E-state index contributed by atoms with van der Waals surface area (Å²) in [4.78, 5) is 21.2. The van der Waals surface area contributed by atoms with Crippen LogP contribution in [0.1, 0.15) is 6.92 Å². The quantitative estimate of drug-likeness (QED) is 0.349. The van der Waals surface area contributed by atoms with Crippen LogP contribution in [0.3, 0.4) is 0 Å². The van der Waals surface area contributed by atoms with E-state index in [1.54, 1.807) is 19.1 Å². The van der Waals surface area contributed by atoms with Crippen molar-refractivity contribution in [2.45, 2.75) is 6.92 Å². The van der Waals surface area contributed by atoms with E-state index in [2.05, 4.69) is 0 Å². The average Bonchev–Trinajstić information content (AvgIpc) is 1.83. The monoisotopic (exact) mass is 122 g/mol. The maximum absolute atomic E-state index is 10.7. The lowest BCUT2D eigenvalue weighted by molar-refractivity contribution is -0.131. The highest BCUT2D eigenvalue weighted by molar-refractivity contribution is 6.48. The number of ketones is 2. The summed E-state index contributed by atoms with van der Waals surface area (Å²) in [6.45, 7) is 1.63. The minimum atomic E-state index is -0.421. The molecule has 0 spiro atoms. The Morgan fingerprint density at radius 1 is 1.33 bits per heavy atom. The molecule has 0 aromatic heterocycles. The third-order valence-electron chi connectivity index (χ3n) is 1.18. The predicted octanol–water partition coefficient (Wildman–Crippen LogP) is 0.641. The van der Waals surface area contributed by atoms with Crippen LogP contribution in [0, 0.1) is 0 Å². The van der Waals surface area contributed by atoms with Crippen molar-refractivity contribution in [3.63, 3.8) is 0 Å². The molecule has 2 heteroatoms. The minimum Gasteiger partial charge on any atom is -0.286 e. The maximum atomic E-state index is 10.7. The molecule has 0 aromatic rings. The third kappa shape index (κ3) is 0.964. The Labute approximate surface area is 52.9 Å². The van der Waals surface area contributed by atoms with Gasteiger partial charge in [0.25, 0.3) is 0 Å². The SMILES string of the molecule is CC1=CC=CC(=O)C1=O. The number of allylic oxidation sites excluding steroid dienone is 4. The van der Waals surface area contributed by atoms with Crippen LogP contribution in [0.25, 0.3) is 0 Å². The van der Waals surface area contributed by atoms with Crippen molar-refractivity contribution < 1.29 is 9.59 Å². The van der Waals surface area contributed by atoms with Gasteiger partial charge in [-0.25, -0.2) is 0 Å². The molecular weight excluding hydrogens is 116 g/mol. The van der Waals surface area contributed by atoms with Crippen molar-refractivity contribution in [3.8, 4) is 0 Å². The fourth-order valence-corrected chi connectivity index (χ4v) is 0.626. The average molecular weight is 122 g/mol. The van der Waals surface area contributed by atoms with Gasteiger partial charge in [0.05, 0.1) is 0 Å². The molecule has 9 heavy (non-hydrogen) atoms. The van der Waals surface area contributed by atoms with E-state index in [0.717, 1.165) is 0 Å². The zero-order chi connectivity index (χ0) is 6.85. The smallest absolute Gasteiger partial charge is 0.228 e. The van der Waals surface area contributed by atoms with Gasteiger partial charge < -0.3 is 0 Å². The highest BCUT2D eigenvalue weighted by atomic mass is 16.2. The summed E-state index contributed by atoms with van der Waals surface area (Å²) in [5.41, 5.74) is 0.516. The van der Waals surface area contributed by atoms with Crippen LogP contribution >= 0.6 is 0 Å². The zero-order valence-corrected chi connectivity index (χ0v) is 5.05. The lowest BCUT2D eigenvalue weighted by atomic mass is 10.0. The molecule has 0 bridgehead atoms. The minimum absolute atomic E-state index is 0.391. The highest BCUT2D eigenvalue weighted by Gasteiger charge is 2.13. The molecule has 0 aromatic carbocycles. The summed E-state index contributed by atoms with van der Waals surface area (Å²) >= 11 is 0. The van der Waals surface area contributed by atoms with Gasteiger partial charge in [0.1, 0.15) is 0 Å². The number of Topliss-reactive ketones (excluding diaryl/α,β-unsaturated/α-hetero) is 1. The van der Waals surface area contributed by atoms with Gasteiger partial charge in [-0.15, -0.1) is 0 Å². The Hall–Kier alpha value is -1.18. The van der Waals surface area contributed by atoms with Crippen molar-refractivity contribution in [2.75, 3.05) is 0 Å². The Kier molecular flexibility index (Phi) is 1.30. The van der Waals surface area contributed by atoms with Gasteiger partial charge in [-0.2, -0.15) is 0 Å². The van der Waals surface area contributed by atoms with Crippen LogP contribution in [0.5, 0.6) is 0 Å². The van der Waals surface area contributed by atoms with Crippen LogP contribution in [0.2, 0.25) is 0 Å². The molecule has 0 unspecified atom stereocenters. The molecule has 0 fully saturated rings. The molecule has 0 aliphatic heterocycles. The number of hydrogen-bond donors (Lipinski definition) is 0. The largest absolute Gasteiger partial charge is 0.286 e. The fourth-order valence-electron chi connectivity index (χ4n) is 0.626. The first-order valence-electron chi connectivity index (χ1n) is 2.65. The summed E-state index contributed by atoms with van der Waals surface area (Å²) < 4.78 is 0. The Morgan fingerprint density at radius 3 is 2.44 bits per heavy atom. The van der Waals surface area contributed by atoms with Crippen molar-refractivity contribution in [1.29, 1.82) is 0 Å². The summed E-state index contributed by atoms with van der Waals surface area (Å²) in [5.74, 6) is -0.812. The first-order chi connectivity index (χ1) is 4.22. The van der Waals surface area contributed by atoms with Gasteiger partial charge in [-0.05, 0) is 13.0 Å². The molecule has 0 saturated heterocycles. The lowest BCUT2D eigenvalue weighted by Gasteiger charge is -1.97. The van der Waals surface area contributed by atoms with Gasteiger partial charge in [0, 0.05) is 5.57 Å². The first kappa shape index (κ1) is 5.95.